The summed E-state index contributed by atoms with van der Waals surface area (Å²) in [4.78, 5) is 14.9. The number of furan rings is 1. The van der Waals surface area contributed by atoms with Crippen LogP contribution in [0.5, 0.6) is 11.5 Å². The van der Waals surface area contributed by atoms with Gasteiger partial charge in [0, 0.05) is 25.7 Å². The topological polar surface area (TPSA) is 63.9 Å². The van der Waals surface area contributed by atoms with Crippen molar-refractivity contribution in [1.82, 2.24) is 10.2 Å². The summed E-state index contributed by atoms with van der Waals surface area (Å²) in [5.74, 6) is 0.362. The molecule has 0 unspecified atom stereocenters. The van der Waals surface area contributed by atoms with Gasteiger partial charge < -0.3 is 19.2 Å². The van der Waals surface area contributed by atoms with Gasteiger partial charge in [0.1, 0.15) is 23.9 Å². The molecule has 0 spiro atoms. The SMILES string of the molecule is O=C(NC1CCN(Cc2ccccc2)CC1)c1ccc(COc2ccc(OC(F)(F)F)cc2)o1. The van der Waals surface area contributed by atoms with Crippen molar-refractivity contribution in [3.8, 4) is 11.5 Å². The number of carbonyl (C=O) groups excluding carboxylic acids is 1. The van der Waals surface area contributed by atoms with E-state index in [0.717, 1.165) is 44.6 Å². The minimum atomic E-state index is -4.74. The molecule has 1 aliphatic rings. The van der Waals surface area contributed by atoms with Gasteiger partial charge in [-0.25, -0.2) is 0 Å². The van der Waals surface area contributed by atoms with Crippen LogP contribution < -0.4 is 14.8 Å². The first kappa shape index (κ1) is 23.7. The molecule has 4 rings (SSSR count). The third-order valence-corrected chi connectivity index (χ3v) is 5.50. The molecular formula is C25H25F3N2O4. The molecule has 9 heteroatoms. The highest BCUT2D eigenvalue weighted by molar-refractivity contribution is 5.91. The number of benzene rings is 2. The predicted molar refractivity (Wildman–Crippen MR) is 118 cm³/mol. The number of nitrogens with one attached hydrogen (secondary N) is 1. The van der Waals surface area contributed by atoms with Crippen molar-refractivity contribution in [1.29, 1.82) is 0 Å². The number of piperidine rings is 1. The zero-order valence-electron chi connectivity index (χ0n) is 18.4. The Labute approximate surface area is 195 Å². The van der Waals surface area contributed by atoms with Gasteiger partial charge in [0.2, 0.25) is 0 Å². The third kappa shape index (κ3) is 7.02. The molecule has 1 amide bonds. The fourth-order valence-corrected chi connectivity index (χ4v) is 3.80. The summed E-state index contributed by atoms with van der Waals surface area (Å²) in [7, 11) is 0. The van der Waals surface area contributed by atoms with E-state index in [-0.39, 0.29) is 30.1 Å². The second-order valence-electron chi connectivity index (χ2n) is 8.08. The molecule has 1 N–H and O–H groups in total. The molecule has 0 radical (unpaired) electrons. The maximum atomic E-state index is 12.6. The van der Waals surface area contributed by atoms with Crippen LogP contribution >= 0.6 is 0 Å². The van der Waals surface area contributed by atoms with E-state index in [2.05, 4.69) is 27.1 Å². The molecule has 0 bridgehead atoms. The molecule has 1 fully saturated rings. The Balaban J connectivity index is 1.21. The van der Waals surface area contributed by atoms with Gasteiger partial charge in [-0.05, 0) is 54.8 Å². The van der Waals surface area contributed by atoms with Crippen molar-refractivity contribution in [2.45, 2.75) is 38.4 Å². The standard InChI is InChI=1S/C25H25F3N2O4/c26-25(27,28)34-21-8-6-20(7-9-21)32-17-22-10-11-23(33-22)24(31)29-19-12-14-30(15-13-19)16-18-4-2-1-3-5-18/h1-11,19H,12-17H2,(H,29,31). The summed E-state index contributed by atoms with van der Waals surface area (Å²) in [6.45, 7) is 2.75. The van der Waals surface area contributed by atoms with Crippen molar-refractivity contribution in [3.63, 3.8) is 0 Å². The van der Waals surface area contributed by atoms with Gasteiger partial charge in [0.05, 0.1) is 0 Å². The Kier molecular flexibility index (Phi) is 7.42. The van der Waals surface area contributed by atoms with Crippen LogP contribution in [0, 0.1) is 0 Å². The predicted octanol–water partition coefficient (Wildman–Crippen LogP) is 5.15. The van der Waals surface area contributed by atoms with E-state index in [1.165, 1.54) is 17.7 Å². The van der Waals surface area contributed by atoms with E-state index in [1.54, 1.807) is 12.1 Å². The van der Waals surface area contributed by atoms with Gasteiger partial charge in [0.25, 0.3) is 5.91 Å². The number of alkyl halides is 3. The fourth-order valence-electron chi connectivity index (χ4n) is 3.80. The molecule has 1 aliphatic heterocycles. The smallest absolute Gasteiger partial charge is 0.486 e. The second kappa shape index (κ2) is 10.6. The lowest BCUT2D eigenvalue weighted by atomic mass is 10.0. The molecule has 2 heterocycles. The lowest BCUT2D eigenvalue weighted by Gasteiger charge is -2.32. The Hall–Kier alpha value is -3.46. The molecule has 6 nitrogen and oxygen atoms in total. The highest BCUT2D eigenvalue weighted by Crippen LogP contribution is 2.25. The highest BCUT2D eigenvalue weighted by Gasteiger charge is 2.31. The largest absolute Gasteiger partial charge is 0.573 e. The van der Waals surface area contributed by atoms with E-state index in [1.807, 2.05) is 18.2 Å². The molecule has 0 saturated carbocycles. The Morgan fingerprint density at radius 1 is 0.971 bits per heavy atom. The molecule has 34 heavy (non-hydrogen) atoms. The van der Waals surface area contributed by atoms with Crippen molar-refractivity contribution in [2.24, 2.45) is 0 Å². The Bertz CT molecular complexity index is 1060. The first-order valence-corrected chi connectivity index (χ1v) is 11.0. The van der Waals surface area contributed by atoms with Gasteiger partial charge in [-0.15, -0.1) is 13.2 Å². The van der Waals surface area contributed by atoms with Crippen LogP contribution in [0.4, 0.5) is 13.2 Å². The summed E-state index contributed by atoms with van der Waals surface area (Å²) < 4.78 is 51.6. The van der Waals surface area contributed by atoms with Crippen LogP contribution in [0.3, 0.4) is 0 Å². The van der Waals surface area contributed by atoms with Gasteiger partial charge >= 0.3 is 6.36 Å². The molecule has 2 aromatic carbocycles. The Morgan fingerprint density at radius 3 is 2.32 bits per heavy atom. The lowest BCUT2D eigenvalue weighted by molar-refractivity contribution is -0.274. The second-order valence-corrected chi connectivity index (χ2v) is 8.08. The van der Waals surface area contributed by atoms with Gasteiger partial charge in [0.15, 0.2) is 5.76 Å². The van der Waals surface area contributed by atoms with Crippen LogP contribution in [-0.4, -0.2) is 36.3 Å². The van der Waals surface area contributed by atoms with Crippen molar-refractivity contribution in [2.75, 3.05) is 13.1 Å². The van der Waals surface area contributed by atoms with Gasteiger partial charge in [-0.3, -0.25) is 9.69 Å². The van der Waals surface area contributed by atoms with E-state index < -0.39 is 6.36 Å². The number of rotatable bonds is 8. The number of carbonyl (C=O) groups is 1. The number of nitrogens with zero attached hydrogens (tertiary/aromatic N) is 1. The van der Waals surface area contributed by atoms with Crippen molar-refractivity contribution in [3.05, 3.63) is 83.8 Å². The van der Waals surface area contributed by atoms with Crippen molar-refractivity contribution < 1.29 is 31.9 Å². The molecule has 0 aliphatic carbocycles. The van der Waals surface area contributed by atoms with Crippen LogP contribution in [-0.2, 0) is 13.2 Å². The molecule has 1 aromatic heterocycles. The lowest BCUT2D eigenvalue weighted by Crippen LogP contribution is -2.44. The zero-order chi connectivity index (χ0) is 24.0. The van der Waals surface area contributed by atoms with Gasteiger partial charge in [-0.2, -0.15) is 0 Å². The van der Waals surface area contributed by atoms with E-state index in [9.17, 15) is 18.0 Å². The number of halogens is 3. The van der Waals surface area contributed by atoms with Crippen LogP contribution in [0.2, 0.25) is 0 Å². The molecular weight excluding hydrogens is 449 g/mol. The summed E-state index contributed by atoms with van der Waals surface area (Å²) in [6.07, 6.45) is -3.01. The first-order chi connectivity index (χ1) is 16.3. The number of hydrogen-bond acceptors (Lipinski definition) is 5. The number of ether oxygens (including phenoxy) is 2. The van der Waals surface area contributed by atoms with E-state index in [0.29, 0.717) is 11.5 Å². The Morgan fingerprint density at radius 2 is 1.65 bits per heavy atom. The molecule has 0 atom stereocenters. The summed E-state index contributed by atoms with van der Waals surface area (Å²) in [6, 6.07) is 18.7. The number of amides is 1. The molecule has 3 aromatic rings. The average molecular weight is 474 g/mol. The quantitative estimate of drug-likeness (QED) is 0.489. The summed E-state index contributed by atoms with van der Waals surface area (Å²) >= 11 is 0. The van der Waals surface area contributed by atoms with E-state index >= 15 is 0 Å². The number of likely N-dealkylation sites (tertiary alicyclic amines) is 1. The average Bonchev–Trinajstić information content (AvgIpc) is 3.29. The third-order valence-electron chi connectivity index (χ3n) is 5.50. The highest BCUT2D eigenvalue weighted by atomic mass is 19.4. The maximum absolute atomic E-state index is 12.6. The van der Waals surface area contributed by atoms with Crippen LogP contribution in [0.25, 0.3) is 0 Å². The summed E-state index contributed by atoms with van der Waals surface area (Å²) in [5, 5.41) is 3.03. The minimum Gasteiger partial charge on any atom is -0.486 e. The maximum Gasteiger partial charge on any atom is 0.573 e. The minimum absolute atomic E-state index is 0.0324. The molecule has 1 saturated heterocycles. The van der Waals surface area contributed by atoms with Crippen LogP contribution in [0.1, 0.15) is 34.7 Å². The van der Waals surface area contributed by atoms with E-state index in [4.69, 9.17) is 9.15 Å². The first-order valence-electron chi connectivity index (χ1n) is 11.0. The fraction of sp³-hybridized carbons (Fsp3) is 0.320. The number of hydrogen-bond donors (Lipinski definition) is 1. The zero-order valence-corrected chi connectivity index (χ0v) is 18.4. The normalized spacial score (nSPS) is 15.1. The van der Waals surface area contributed by atoms with Crippen LogP contribution in [0.15, 0.2) is 71.1 Å². The monoisotopic (exact) mass is 474 g/mol. The summed E-state index contributed by atoms with van der Waals surface area (Å²) in [5.41, 5.74) is 1.28. The van der Waals surface area contributed by atoms with Crippen molar-refractivity contribution >= 4 is 5.91 Å². The van der Waals surface area contributed by atoms with Gasteiger partial charge in [-0.1, -0.05) is 30.3 Å². The molecule has 180 valence electrons.